The van der Waals surface area contributed by atoms with Crippen LogP contribution < -0.4 is 4.90 Å². The maximum absolute atomic E-state index is 12.1. The van der Waals surface area contributed by atoms with Gasteiger partial charge < -0.3 is 9.42 Å². The topological polar surface area (TPSA) is 83.5 Å². The number of urea groups is 1. The zero-order valence-corrected chi connectivity index (χ0v) is 14.9. The van der Waals surface area contributed by atoms with Crippen LogP contribution in [0.4, 0.5) is 10.5 Å². The first-order valence-corrected chi connectivity index (χ1v) is 9.29. The van der Waals surface area contributed by atoms with Gasteiger partial charge in [-0.25, -0.2) is 4.79 Å². The van der Waals surface area contributed by atoms with E-state index in [4.69, 9.17) is 4.52 Å². The highest BCUT2D eigenvalue weighted by Gasteiger charge is 2.33. The summed E-state index contributed by atoms with van der Waals surface area (Å²) >= 11 is 0. The predicted octanol–water partition coefficient (Wildman–Crippen LogP) is 1.46. The van der Waals surface area contributed by atoms with Crippen LogP contribution in [0.2, 0.25) is 0 Å². The van der Waals surface area contributed by atoms with Crippen molar-refractivity contribution < 1.29 is 9.32 Å². The summed E-state index contributed by atoms with van der Waals surface area (Å²) in [6.07, 6.45) is 7.36. The lowest BCUT2D eigenvalue weighted by Gasteiger charge is -2.38. The van der Waals surface area contributed by atoms with Crippen molar-refractivity contribution in [1.29, 1.82) is 0 Å². The van der Waals surface area contributed by atoms with Crippen LogP contribution in [0.5, 0.6) is 0 Å². The number of rotatable bonds is 5. The van der Waals surface area contributed by atoms with E-state index >= 15 is 0 Å². The zero-order chi connectivity index (χ0) is 17.7. The highest BCUT2D eigenvalue weighted by Crippen LogP contribution is 2.35. The summed E-state index contributed by atoms with van der Waals surface area (Å²) in [7, 11) is 1.82. The Hall–Kier alpha value is -2.42. The van der Waals surface area contributed by atoms with Crippen molar-refractivity contribution in [3.05, 3.63) is 24.1 Å². The van der Waals surface area contributed by atoms with Crippen LogP contribution in [0.1, 0.15) is 42.9 Å². The van der Waals surface area contributed by atoms with Gasteiger partial charge in [0.15, 0.2) is 5.82 Å². The number of anilines is 1. The number of hydrogen-bond donors (Lipinski definition) is 0. The second-order valence-electron chi connectivity index (χ2n) is 7.56. The second kappa shape index (κ2) is 6.08. The van der Waals surface area contributed by atoms with Crippen molar-refractivity contribution >= 4 is 11.7 Å². The molecule has 4 heterocycles. The molecule has 2 aromatic rings. The number of carbonyl (C=O) groups excluding carboxylic acids is 1. The number of aromatic nitrogens is 4. The fourth-order valence-corrected chi connectivity index (χ4v) is 3.75. The zero-order valence-electron chi connectivity index (χ0n) is 14.9. The molecule has 0 unspecified atom stereocenters. The van der Waals surface area contributed by atoms with Gasteiger partial charge in [-0.1, -0.05) is 11.6 Å². The number of amides is 2. The monoisotopic (exact) mass is 357 g/mol. The highest BCUT2D eigenvalue weighted by atomic mass is 16.5. The Kier molecular flexibility index (Phi) is 3.70. The molecule has 2 saturated heterocycles. The molecule has 9 heteroatoms. The molecule has 26 heavy (non-hydrogen) atoms. The van der Waals surface area contributed by atoms with Gasteiger partial charge in [-0.2, -0.15) is 10.1 Å². The quantitative estimate of drug-likeness (QED) is 0.806. The Morgan fingerprint density at radius 2 is 2.12 bits per heavy atom. The first-order chi connectivity index (χ1) is 12.7. The van der Waals surface area contributed by atoms with Crippen LogP contribution in [-0.4, -0.2) is 69.0 Å². The molecule has 1 aliphatic carbocycles. The Bertz CT molecular complexity index is 806. The maximum Gasteiger partial charge on any atom is 0.324 e. The van der Waals surface area contributed by atoms with Crippen LogP contribution in [0.15, 0.2) is 16.9 Å². The van der Waals surface area contributed by atoms with Gasteiger partial charge >= 0.3 is 6.03 Å². The summed E-state index contributed by atoms with van der Waals surface area (Å²) in [5, 5.41) is 8.57. The SMILES string of the molecule is CN1CCN(c2cnn(C3CN(Cc4noc(C5CCC5)n4)C3)c2)C1=O. The Labute approximate surface area is 151 Å². The van der Waals surface area contributed by atoms with E-state index in [-0.39, 0.29) is 6.03 Å². The molecule has 3 aliphatic rings. The van der Waals surface area contributed by atoms with Crippen LogP contribution >= 0.6 is 0 Å². The minimum absolute atomic E-state index is 0.0409. The standard InChI is InChI=1S/C17H23N7O2/c1-21-5-6-23(17(21)25)13-7-18-24(10-13)14-8-22(9-14)11-15-19-16(26-20-15)12-3-2-4-12/h7,10,12,14H,2-6,8-9,11H2,1H3. The average molecular weight is 357 g/mol. The maximum atomic E-state index is 12.1. The van der Waals surface area contributed by atoms with E-state index in [1.54, 1.807) is 16.0 Å². The Morgan fingerprint density at radius 3 is 2.81 bits per heavy atom. The van der Waals surface area contributed by atoms with E-state index < -0.39 is 0 Å². The normalized spacial score (nSPS) is 22.1. The number of nitrogens with zero attached hydrogens (tertiary/aromatic N) is 7. The predicted molar refractivity (Wildman–Crippen MR) is 92.8 cm³/mol. The Balaban J connectivity index is 1.16. The third-order valence-electron chi connectivity index (χ3n) is 5.73. The van der Waals surface area contributed by atoms with E-state index in [0.29, 0.717) is 12.0 Å². The minimum atomic E-state index is 0.0409. The molecular weight excluding hydrogens is 334 g/mol. The second-order valence-corrected chi connectivity index (χ2v) is 7.56. The number of likely N-dealkylation sites (tertiary alicyclic amines) is 1. The molecule has 0 spiro atoms. The van der Waals surface area contributed by atoms with Gasteiger partial charge in [0.05, 0.1) is 24.5 Å². The van der Waals surface area contributed by atoms with Gasteiger partial charge in [0, 0.05) is 45.3 Å². The lowest BCUT2D eigenvalue weighted by molar-refractivity contribution is 0.0872. The first-order valence-electron chi connectivity index (χ1n) is 9.29. The van der Waals surface area contributed by atoms with Crippen LogP contribution in [0.3, 0.4) is 0 Å². The highest BCUT2D eigenvalue weighted by molar-refractivity contribution is 5.93. The summed E-state index contributed by atoms with van der Waals surface area (Å²) in [5.41, 5.74) is 0.876. The van der Waals surface area contributed by atoms with Gasteiger partial charge in [0.1, 0.15) is 0 Å². The van der Waals surface area contributed by atoms with E-state index in [2.05, 4.69) is 20.1 Å². The fraction of sp³-hybridized carbons (Fsp3) is 0.647. The van der Waals surface area contributed by atoms with Crippen molar-refractivity contribution in [1.82, 2.24) is 29.7 Å². The molecule has 0 N–H and O–H groups in total. The smallest absolute Gasteiger partial charge is 0.324 e. The summed E-state index contributed by atoms with van der Waals surface area (Å²) < 4.78 is 7.35. The van der Waals surface area contributed by atoms with Gasteiger partial charge in [-0.05, 0) is 12.8 Å². The summed E-state index contributed by atoms with van der Waals surface area (Å²) in [5.74, 6) is 2.06. The third kappa shape index (κ3) is 2.66. The summed E-state index contributed by atoms with van der Waals surface area (Å²) in [6.45, 7) is 4.01. The van der Waals surface area contributed by atoms with Crippen molar-refractivity contribution in [3.63, 3.8) is 0 Å². The molecule has 2 aromatic heterocycles. The Morgan fingerprint density at radius 1 is 1.27 bits per heavy atom. The van der Waals surface area contributed by atoms with Gasteiger partial charge in [0.2, 0.25) is 5.89 Å². The molecule has 5 rings (SSSR count). The average Bonchev–Trinajstić information content (AvgIpc) is 3.24. The lowest BCUT2D eigenvalue weighted by atomic mass is 9.85. The van der Waals surface area contributed by atoms with Crippen molar-refractivity contribution in [3.8, 4) is 0 Å². The first kappa shape index (κ1) is 15.8. The molecular formula is C17H23N7O2. The number of likely N-dealkylation sites (N-methyl/N-ethyl adjacent to an activating group) is 1. The van der Waals surface area contributed by atoms with E-state index in [1.165, 1.54) is 19.3 Å². The van der Waals surface area contributed by atoms with Crippen LogP contribution in [0.25, 0.3) is 0 Å². The van der Waals surface area contributed by atoms with Crippen molar-refractivity contribution in [2.45, 2.75) is 37.8 Å². The van der Waals surface area contributed by atoms with Gasteiger partial charge in [-0.15, -0.1) is 0 Å². The van der Waals surface area contributed by atoms with Crippen LogP contribution in [-0.2, 0) is 6.54 Å². The van der Waals surface area contributed by atoms with E-state index in [0.717, 1.165) is 50.1 Å². The molecule has 3 fully saturated rings. The molecule has 0 bridgehead atoms. The fourth-order valence-electron chi connectivity index (χ4n) is 3.75. The molecule has 0 radical (unpaired) electrons. The largest absolute Gasteiger partial charge is 0.339 e. The molecule has 9 nitrogen and oxygen atoms in total. The van der Waals surface area contributed by atoms with Gasteiger partial charge in [0.25, 0.3) is 0 Å². The molecule has 0 atom stereocenters. The molecule has 2 amide bonds. The summed E-state index contributed by atoms with van der Waals surface area (Å²) in [6, 6.07) is 0.372. The van der Waals surface area contributed by atoms with Crippen LogP contribution in [0, 0.1) is 0 Å². The molecule has 138 valence electrons. The van der Waals surface area contributed by atoms with E-state index in [1.807, 2.05) is 17.9 Å². The summed E-state index contributed by atoms with van der Waals surface area (Å²) in [4.78, 5) is 22.4. The molecule has 0 aromatic carbocycles. The van der Waals surface area contributed by atoms with Crippen molar-refractivity contribution in [2.24, 2.45) is 0 Å². The van der Waals surface area contributed by atoms with Gasteiger partial charge in [-0.3, -0.25) is 14.5 Å². The lowest BCUT2D eigenvalue weighted by Crippen LogP contribution is -2.47. The third-order valence-corrected chi connectivity index (χ3v) is 5.73. The number of carbonyl (C=O) groups is 1. The molecule has 1 saturated carbocycles. The molecule has 2 aliphatic heterocycles. The number of hydrogen-bond acceptors (Lipinski definition) is 6. The van der Waals surface area contributed by atoms with Crippen molar-refractivity contribution in [2.75, 3.05) is 38.1 Å². The minimum Gasteiger partial charge on any atom is -0.339 e. The van der Waals surface area contributed by atoms with E-state index in [9.17, 15) is 4.79 Å².